The lowest BCUT2D eigenvalue weighted by Crippen LogP contribution is -2.23. The van der Waals surface area contributed by atoms with Gasteiger partial charge in [-0.15, -0.1) is 0 Å². The Bertz CT molecular complexity index is 468. The molecular weight excluding hydrogens is 267 g/mol. The summed E-state index contributed by atoms with van der Waals surface area (Å²) in [6.45, 7) is 2.21. The van der Waals surface area contributed by atoms with Crippen LogP contribution in [0.5, 0.6) is 0 Å². The Morgan fingerprint density at radius 3 is 2.85 bits per heavy atom. The standard InChI is InChI=1S/C13H17FN2O4/c1-2-20-13(18)10-4-3-9(7-11(10)14)12(16-19)8-15-5-6-17/h3-4,7,12,15,17H,2,5-6,8H2,1H3. The smallest absolute Gasteiger partial charge is 0.341 e. The van der Waals surface area contributed by atoms with Gasteiger partial charge in [0.15, 0.2) is 0 Å². The Kier molecular flexibility index (Phi) is 6.75. The third kappa shape index (κ3) is 4.36. The van der Waals surface area contributed by atoms with Gasteiger partial charge in [-0.2, -0.15) is 4.91 Å². The van der Waals surface area contributed by atoms with E-state index >= 15 is 0 Å². The van der Waals surface area contributed by atoms with E-state index in [1.165, 1.54) is 12.1 Å². The third-order valence-corrected chi connectivity index (χ3v) is 2.63. The van der Waals surface area contributed by atoms with Crippen LogP contribution in [0.1, 0.15) is 28.9 Å². The molecule has 0 amide bonds. The summed E-state index contributed by atoms with van der Waals surface area (Å²) in [4.78, 5) is 22.2. The van der Waals surface area contributed by atoms with E-state index < -0.39 is 17.8 Å². The van der Waals surface area contributed by atoms with E-state index in [9.17, 15) is 14.1 Å². The molecule has 1 rings (SSSR count). The molecule has 0 aliphatic heterocycles. The van der Waals surface area contributed by atoms with Crippen LogP contribution in [0, 0.1) is 10.7 Å². The van der Waals surface area contributed by atoms with E-state index in [0.717, 1.165) is 6.07 Å². The van der Waals surface area contributed by atoms with Crippen molar-refractivity contribution < 1.29 is 19.0 Å². The van der Waals surface area contributed by atoms with Crippen molar-refractivity contribution in [3.63, 3.8) is 0 Å². The number of aliphatic hydroxyl groups is 1. The quantitative estimate of drug-likeness (QED) is 0.428. The van der Waals surface area contributed by atoms with Crippen LogP contribution in [0.4, 0.5) is 4.39 Å². The highest BCUT2D eigenvalue weighted by atomic mass is 19.1. The van der Waals surface area contributed by atoms with Crippen molar-refractivity contribution in [2.24, 2.45) is 5.18 Å². The molecule has 0 radical (unpaired) electrons. The molecule has 0 fully saturated rings. The van der Waals surface area contributed by atoms with Crippen molar-refractivity contribution >= 4 is 5.97 Å². The number of nitroso groups, excluding NO2 is 1. The normalized spacial score (nSPS) is 11.9. The predicted octanol–water partition coefficient (Wildman–Crippen LogP) is 1.39. The molecule has 1 atom stereocenters. The lowest BCUT2D eigenvalue weighted by Gasteiger charge is -2.11. The maximum atomic E-state index is 13.8. The molecule has 0 saturated heterocycles. The first-order valence-electron chi connectivity index (χ1n) is 6.24. The zero-order valence-corrected chi connectivity index (χ0v) is 11.1. The Balaban J connectivity index is 2.83. The molecule has 110 valence electrons. The van der Waals surface area contributed by atoms with Crippen molar-refractivity contribution in [3.05, 3.63) is 40.1 Å². The third-order valence-electron chi connectivity index (χ3n) is 2.63. The van der Waals surface area contributed by atoms with E-state index in [1.807, 2.05) is 0 Å². The second-order valence-corrected chi connectivity index (χ2v) is 4.01. The largest absolute Gasteiger partial charge is 0.462 e. The minimum atomic E-state index is -0.785. The Labute approximate surface area is 115 Å². The van der Waals surface area contributed by atoms with Gasteiger partial charge in [0.2, 0.25) is 0 Å². The number of carbonyl (C=O) groups is 1. The van der Waals surface area contributed by atoms with Crippen molar-refractivity contribution in [1.82, 2.24) is 5.32 Å². The minimum absolute atomic E-state index is 0.0677. The summed E-state index contributed by atoms with van der Waals surface area (Å²) in [5.74, 6) is -1.50. The first-order valence-corrected chi connectivity index (χ1v) is 6.24. The van der Waals surface area contributed by atoms with Gasteiger partial charge in [-0.1, -0.05) is 11.2 Å². The van der Waals surface area contributed by atoms with E-state index in [2.05, 4.69) is 10.5 Å². The molecular formula is C13H17FN2O4. The summed E-state index contributed by atoms with van der Waals surface area (Å²) < 4.78 is 18.5. The maximum absolute atomic E-state index is 13.8. The number of benzene rings is 1. The fraction of sp³-hybridized carbons (Fsp3) is 0.462. The Morgan fingerprint density at radius 1 is 1.55 bits per heavy atom. The fourth-order valence-corrected chi connectivity index (χ4v) is 1.65. The number of hydrogen-bond acceptors (Lipinski definition) is 6. The number of carbonyl (C=O) groups excluding carboxylic acids is 1. The van der Waals surface area contributed by atoms with Gasteiger partial charge in [0.05, 0.1) is 18.8 Å². The Morgan fingerprint density at radius 2 is 2.30 bits per heavy atom. The number of nitrogens with one attached hydrogen (secondary N) is 1. The first-order chi connectivity index (χ1) is 9.63. The average molecular weight is 284 g/mol. The van der Waals surface area contributed by atoms with Crippen LogP contribution in [0.25, 0.3) is 0 Å². The molecule has 2 N–H and O–H groups in total. The maximum Gasteiger partial charge on any atom is 0.341 e. The van der Waals surface area contributed by atoms with Gasteiger partial charge in [-0.05, 0) is 24.6 Å². The molecule has 1 aromatic rings. The molecule has 7 heteroatoms. The molecule has 6 nitrogen and oxygen atoms in total. The molecule has 0 bridgehead atoms. The number of esters is 1. The van der Waals surface area contributed by atoms with Gasteiger partial charge < -0.3 is 15.2 Å². The van der Waals surface area contributed by atoms with Gasteiger partial charge in [-0.3, -0.25) is 0 Å². The molecule has 20 heavy (non-hydrogen) atoms. The van der Waals surface area contributed by atoms with Crippen molar-refractivity contribution in [3.8, 4) is 0 Å². The summed E-state index contributed by atoms with van der Waals surface area (Å²) in [7, 11) is 0. The average Bonchev–Trinajstić information content (AvgIpc) is 2.43. The van der Waals surface area contributed by atoms with E-state index in [-0.39, 0.29) is 25.3 Å². The number of hydrogen-bond donors (Lipinski definition) is 2. The lowest BCUT2D eigenvalue weighted by molar-refractivity contribution is 0.0521. The lowest BCUT2D eigenvalue weighted by atomic mass is 10.0. The van der Waals surface area contributed by atoms with Gasteiger partial charge in [-0.25, -0.2) is 9.18 Å². The topological polar surface area (TPSA) is 88.0 Å². The van der Waals surface area contributed by atoms with E-state index in [4.69, 9.17) is 9.84 Å². The number of halogens is 1. The van der Waals surface area contributed by atoms with Crippen LogP contribution in [0.15, 0.2) is 23.4 Å². The summed E-state index contributed by atoms with van der Waals surface area (Å²) >= 11 is 0. The predicted molar refractivity (Wildman–Crippen MR) is 70.8 cm³/mol. The summed E-state index contributed by atoms with van der Waals surface area (Å²) in [6.07, 6.45) is 0. The number of nitrogens with zero attached hydrogens (tertiary/aromatic N) is 1. The van der Waals surface area contributed by atoms with Crippen molar-refractivity contribution in [2.45, 2.75) is 13.0 Å². The van der Waals surface area contributed by atoms with E-state index in [0.29, 0.717) is 12.1 Å². The van der Waals surface area contributed by atoms with Crippen LogP contribution in [0.3, 0.4) is 0 Å². The minimum Gasteiger partial charge on any atom is -0.462 e. The van der Waals surface area contributed by atoms with Gasteiger partial charge in [0.25, 0.3) is 0 Å². The summed E-state index contributed by atoms with van der Waals surface area (Å²) in [6, 6.07) is 3.04. The molecule has 0 spiro atoms. The van der Waals surface area contributed by atoms with Crippen LogP contribution in [-0.2, 0) is 4.74 Å². The van der Waals surface area contributed by atoms with E-state index in [1.54, 1.807) is 6.92 Å². The molecule has 0 aliphatic carbocycles. The van der Waals surface area contributed by atoms with Gasteiger partial charge >= 0.3 is 5.97 Å². The highest BCUT2D eigenvalue weighted by molar-refractivity contribution is 5.89. The molecule has 0 saturated carbocycles. The summed E-state index contributed by atoms with van der Waals surface area (Å²) in [5.41, 5.74) is 0.180. The first kappa shape index (κ1) is 16.2. The molecule has 1 aromatic carbocycles. The molecule has 1 unspecified atom stereocenters. The second kappa shape index (κ2) is 8.34. The van der Waals surface area contributed by atoms with Crippen LogP contribution in [0.2, 0.25) is 0 Å². The fourth-order valence-electron chi connectivity index (χ4n) is 1.65. The Hall–Kier alpha value is -1.86. The highest BCUT2D eigenvalue weighted by Gasteiger charge is 2.17. The van der Waals surface area contributed by atoms with Gasteiger partial charge in [0, 0.05) is 13.1 Å². The molecule has 0 aromatic heterocycles. The highest BCUT2D eigenvalue weighted by Crippen LogP contribution is 2.20. The number of aliphatic hydroxyl groups excluding tert-OH is 1. The number of ether oxygens (including phenoxy) is 1. The second-order valence-electron chi connectivity index (χ2n) is 4.01. The zero-order chi connectivity index (χ0) is 15.0. The monoisotopic (exact) mass is 284 g/mol. The zero-order valence-electron chi connectivity index (χ0n) is 11.1. The van der Waals surface area contributed by atoms with Crippen LogP contribution in [-0.4, -0.2) is 37.4 Å². The van der Waals surface area contributed by atoms with Crippen molar-refractivity contribution in [1.29, 1.82) is 0 Å². The van der Waals surface area contributed by atoms with Crippen LogP contribution < -0.4 is 5.32 Å². The van der Waals surface area contributed by atoms with Crippen molar-refractivity contribution in [2.75, 3.05) is 26.3 Å². The van der Waals surface area contributed by atoms with Gasteiger partial charge in [0.1, 0.15) is 11.9 Å². The SMILES string of the molecule is CCOC(=O)c1ccc(C(CNCCO)N=O)cc1F. The molecule has 0 aliphatic rings. The summed E-state index contributed by atoms with van der Waals surface area (Å²) in [5, 5.41) is 14.3. The molecule has 0 heterocycles. The number of rotatable bonds is 8. The van der Waals surface area contributed by atoms with Crippen LogP contribution >= 0.6 is 0 Å².